The molecule has 1 N–H and O–H groups in total. The lowest BCUT2D eigenvalue weighted by molar-refractivity contribution is -0.123. The van der Waals surface area contributed by atoms with Crippen LogP contribution < -0.4 is 19.2 Å². The molecule has 2 aliphatic heterocycles. The molecule has 240 valence electrons. The number of aromatic nitrogens is 1. The minimum atomic E-state index is -0.446. The first kappa shape index (κ1) is 30.0. The fourth-order valence-corrected chi connectivity index (χ4v) is 11.2. The van der Waals surface area contributed by atoms with E-state index in [1.165, 1.54) is 16.2 Å². The number of esters is 1. The van der Waals surface area contributed by atoms with Gasteiger partial charge in [-0.15, -0.1) is 11.8 Å². The highest BCUT2D eigenvalue weighted by Crippen LogP contribution is 2.68. The second-order valence-electron chi connectivity index (χ2n) is 12.4. The number of nitrogens with zero attached hydrogens (tertiary/aromatic N) is 1. The van der Waals surface area contributed by atoms with E-state index in [1.54, 1.807) is 50.1 Å². The van der Waals surface area contributed by atoms with Gasteiger partial charge in [-0.1, -0.05) is 47.7 Å². The molecule has 4 aliphatic rings. The van der Waals surface area contributed by atoms with Gasteiger partial charge in [0.1, 0.15) is 6.61 Å². The first-order valence-electron chi connectivity index (χ1n) is 15.8. The molecule has 3 fully saturated rings. The minimum absolute atomic E-state index is 0.00492. The predicted octanol–water partition coefficient (Wildman–Crippen LogP) is 5.88. The number of hydrogen-bond acceptors (Lipinski definition) is 9. The Morgan fingerprint density at radius 2 is 1.68 bits per heavy atom. The fourth-order valence-electron chi connectivity index (χ4n) is 8.34. The number of amides is 2. The normalized spacial score (nSPS) is 26.9. The molecule has 4 aromatic rings. The molecule has 2 bridgehead atoms. The SMILES string of the molecule is CCOC(=O)c1ccc(N2C(=O)C3C4CC(C3C2=O)C2C4Sc3[nH]c(=O)sc3[C@@H]2c2ccc(OCc3ccccc3)c(OC)c2)cc1. The third-order valence-corrected chi connectivity index (χ3v) is 12.7. The summed E-state index contributed by atoms with van der Waals surface area (Å²) in [5.74, 6) is -0.571. The predicted molar refractivity (Wildman–Crippen MR) is 177 cm³/mol. The summed E-state index contributed by atoms with van der Waals surface area (Å²) in [4.78, 5) is 58.2. The van der Waals surface area contributed by atoms with Crippen LogP contribution in [-0.4, -0.2) is 41.7 Å². The van der Waals surface area contributed by atoms with Crippen molar-refractivity contribution in [2.75, 3.05) is 18.6 Å². The Morgan fingerprint density at radius 3 is 2.40 bits per heavy atom. The summed E-state index contributed by atoms with van der Waals surface area (Å²) in [5.41, 5.74) is 2.87. The largest absolute Gasteiger partial charge is 0.493 e. The molecule has 2 aliphatic carbocycles. The van der Waals surface area contributed by atoms with Crippen molar-refractivity contribution in [3.8, 4) is 11.5 Å². The number of anilines is 1. The van der Waals surface area contributed by atoms with Gasteiger partial charge >= 0.3 is 10.8 Å². The topological polar surface area (TPSA) is 115 Å². The van der Waals surface area contributed by atoms with Crippen LogP contribution in [0.25, 0.3) is 0 Å². The number of thiazole rings is 1. The number of ether oxygens (including phenoxy) is 3. The highest BCUT2D eigenvalue weighted by Gasteiger charge is 2.69. The number of carbonyl (C=O) groups excluding carboxylic acids is 3. The molecule has 1 saturated heterocycles. The summed E-state index contributed by atoms with van der Waals surface area (Å²) in [6.07, 6.45) is 0.788. The van der Waals surface area contributed by atoms with E-state index in [-0.39, 0.29) is 52.2 Å². The molecule has 47 heavy (non-hydrogen) atoms. The molecule has 7 atom stereocenters. The van der Waals surface area contributed by atoms with Gasteiger partial charge in [0, 0.05) is 16.0 Å². The molecule has 8 rings (SSSR count). The summed E-state index contributed by atoms with van der Waals surface area (Å²) in [5, 5.41) is 0.911. The average Bonchev–Trinajstić information content (AvgIpc) is 3.83. The number of thioether (sulfide) groups is 1. The van der Waals surface area contributed by atoms with E-state index >= 15 is 0 Å². The zero-order chi connectivity index (χ0) is 32.4. The molecule has 1 aromatic heterocycles. The van der Waals surface area contributed by atoms with Crippen molar-refractivity contribution in [1.29, 1.82) is 0 Å². The van der Waals surface area contributed by atoms with Gasteiger partial charge in [0.2, 0.25) is 11.8 Å². The fraction of sp³-hybridized carbons (Fsp3) is 0.333. The second kappa shape index (κ2) is 11.7. The van der Waals surface area contributed by atoms with E-state index < -0.39 is 17.8 Å². The van der Waals surface area contributed by atoms with Crippen molar-refractivity contribution in [1.82, 2.24) is 4.98 Å². The maximum Gasteiger partial charge on any atom is 0.338 e. The Bertz CT molecular complexity index is 1940. The molecular weight excluding hydrogens is 637 g/mol. The number of imide groups is 1. The molecule has 6 unspecified atom stereocenters. The van der Waals surface area contributed by atoms with Crippen LogP contribution in [0, 0.1) is 29.6 Å². The van der Waals surface area contributed by atoms with E-state index in [2.05, 4.69) is 4.98 Å². The number of hydrogen-bond donors (Lipinski definition) is 1. The number of H-pyrrole nitrogens is 1. The van der Waals surface area contributed by atoms with Gasteiger partial charge in [-0.3, -0.25) is 19.3 Å². The summed E-state index contributed by atoms with van der Waals surface area (Å²) in [6, 6.07) is 22.4. The van der Waals surface area contributed by atoms with Crippen LogP contribution in [-0.2, 0) is 20.9 Å². The Hall–Kier alpha value is -4.35. The smallest absolute Gasteiger partial charge is 0.338 e. The van der Waals surface area contributed by atoms with Crippen molar-refractivity contribution < 1.29 is 28.6 Å². The monoisotopic (exact) mass is 668 g/mol. The van der Waals surface area contributed by atoms with E-state index in [1.807, 2.05) is 48.5 Å². The van der Waals surface area contributed by atoms with Crippen molar-refractivity contribution in [3.05, 3.63) is 104 Å². The third kappa shape index (κ3) is 4.81. The number of fused-ring (bicyclic) bond motifs is 9. The Morgan fingerprint density at radius 1 is 0.936 bits per heavy atom. The van der Waals surface area contributed by atoms with E-state index in [9.17, 15) is 19.2 Å². The number of nitrogens with one attached hydrogen (secondary N) is 1. The minimum Gasteiger partial charge on any atom is -0.493 e. The molecule has 2 amide bonds. The molecule has 2 saturated carbocycles. The van der Waals surface area contributed by atoms with Gasteiger partial charge in [0.15, 0.2) is 11.5 Å². The van der Waals surface area contributed by atoms with Gasteiger partial charge < -0.3 is 19.2 Å². The number of aromatic amines is 1. The number of benzene rings is 3. The van der Waals surface area contributed by atoms with E-state index in [4.69, 9.17) is 14.2 Å². The van der Waals surface area contributed by atoms with Crippen LogP contribution in [0.2, 0.25) is 0 Å². The van der Waals surface area contributed by atoms with Crippen LogP contribution >= 0.6 is 23.1 Å². The molecule has 0 radical (unpaired) electrons. The average molecular weight is 669 g/mol. The number of rotatable bonds is 8. The van der Waals surface area contributed by atoms with Crippen LogP contribution in [0.15, 0.2) is 82.6 Å². The van der Waals surface area contributed by atoms with Crippen LogP contribution in [0.3, 0.4) is 0 Å². The van der Waals surface area contributed by atoms with E-state index in [0.717, 1.165) is 27.5 Å². The molecule has 11 heteroatoms. The maximum absolute atomic E-state index is 14.1. The summed E-state index contributed by atoms with van der Waals surface area (Å²) < 4.78 is 17.0. The molecule has 3 aromatic carbocycles. The number of methoxy groups -OCH3 is 1. The Balaban J connectivity index is 1.12. The molecular formula is C36H32N2O7S2. The zero-order valence-corrected chi connectivity index (χ0v) is 27.3. The van der Waals surface area contributed by atoms with Crippen LogP contribution in [0.4, 0.5) is 5.69 Å². The quantitative estimate of drug-likeness (QED) is 0.183. The third-order valence-electron chi connectivity index (χ3n) is 10.1. The standard InChI is InChI=1S/C36H32N2O7S2/c1-3-44-35(41)19-9-12-21(13-10-19)38-33(39)28-22-16-23(29(28)34(38)40)30-27(22)26(31-32(46-30)37-36(42)47-31)20-11-14-24(25(15-20)43-2)45-17-18-7-5-4-6-8-18/h4-15,22-23,26-30H,3,16-17H2,1-2H3,(H,37,42)/t22?,23?,26-,27?,28?,29?,30?/m1/s1. The summed E-state index contributed by atoms with van der Waals surface area (Å²) in [6.45, 7) is 2.40. The molecule has 3 heterocycles. The van der Waals surface area contributed by atoms with Crippen LogP contribution in [0.5, 0.6) is 11.5 Å². The lowest BCUT2D eigenvalue weighted by Crippen LogP contribution is -2.42. The van der Waals surface area contributed by atoms with Gasteiger partial charge in [0.05, 0.1) is 41.8 Å². The zero-order valence-electron chi connectivity index (χ0n) is 25.7. The molecule has 9 nitrogen and oxygen atoms in total. The Labute approximate surface area is 279 Å². The highest BCUT2D eigenvalue weighted by molar-refractivity contribution is 8.00. The van der Waals surface area contributed by atoms with Crippen molar-refractivity contribution in [2.45, 2.75) is 36.1 Å². The van der Waals surface area contributed by atoms with E-state index in [0.29, 0.717) is 29.4 Å². The first-order chi connectivity index (χ1) is 22.9. The van der Waals surface area contributed by atoms with Crippen molar-refractivity contribution in [3.63, 3.8) is 0 Å². The lowest BCUT2D eigenvalue weighted by atomic mass is 9.68. The maximum atomic E-state index is 14.1. The second-order valence-corrected chi connectivity index (χ2v) is 14.6. The van der Waals surface area contributed by atoms with Gasteiger partial charge in [0.25, 0.3) is 0 Å². The lowest BCUT2D eigenvalue weighted by Gasteiger charge is -2.43. The van der Waals surface area contributed by atoms with Crippen molar-refractivity contribution in [2.24, 2.45) is 29.6 Å². The number of carbonyl (C=O) groups is 3. The molecule has 0 spiro atoms. The van der Waals surface area contributed by atoms with Gasteiger partial charge in [-0.05, 0) is 78.6 Å². The summed E-state index contributed by atoms with van der Waals surface area (Å²) >= 11 is 2.87. The van der Waals surface area contributed by atoms with Crippen LogP contribution in [0.1, 0.15) is 45.6 Å². The Kier molecular flexibility index (Phi) is 7.48. The van der Waals surface area contributed by atoms with Crippen molar-refractivity contribution >= 4 is 46.6 Å². The van der Waals surface area contributed by atoms with Gasteiger partial charge in [-0.2, -0.15) is 0 Å². The summed E-state index contributed by atoms with van der Waals surface area (Å²) in [7, 11) is 1.62. The van der Waals surface area contributed by atoms with Gasteiger partial charge in [-0.25, -0.2) is 4.79 Å². The first-order valence-corrected chi connectivity index (χ1v) is 17.5. The highest BCUT2D eigenvalue weighted by atomic mass is 32.2.